The van der Waals surface area contributed by atoms with Gasteiger partial charge in [0, 0.05) is 11.3 Å². The number of nitrogens with one attached hydrogen (secondary N) is 1. The van der Waals surface area contributed by atoms with Gasteiger partial charge in [-0.15, -0.1) is 0 Å². The van der Waals surface area contributed by atoms with Crippen molar-refractivity contribution >= 4 is 49.7 Å². The first kappa shape index (κ1) is 22.6. The molecule has 0 aliphatic heterocycles. The molecule has 1 heterocycles. The summed E-state index contributed by atoms with van der Waals surface area (Å²) in [5.41, 5.74) is 1.85. The van der Waals surface area contributed by atoms with E-state index in [0.717, 1.165) is 23.2 Å². The van der Waals surface area contributed by atoms with Crippen LogP contribution in [0.4, 0.5) is 10.8 Å². The van der Waals surface area contributed by atoms with Gasteiger partial charge in [0.05, 0.1) is 31.5 Å². The number of benzene rings is 2. The second-order valence-electron chi connectivity index (χ2n) is 6.38. The molecule has 1 amide bonds. The number of halogens is 1. The largest absolute Gasteiger partial charge is 0.496 e. The topological polar surface area (TPSA) is 112 Å². The molecule has 1 aromatic heterocycles. The third kappa shape index (κ3) is 5.52. The summed E-state index contributed by atoms with van der Waals surface area (Å²) in [5.74, 6) is -0.245. The predicted octanol–water partition coefficient (Wildman–Crippen LogP) is 3.70. The highest BCUT2D eigenvalue weighted by Crippen LogP contribution is 2.37. The first-order valence-corrected chi connectivity index (χ1v) is 11.9. The number of rotatable bonds is 7. The number of methoxy groups -OCH3 is 1. The Morgan fingerprint density at radius 2 is 1.94 bits per heavy atom. The van der Waals surface area contributed by atoms with E-state index in [4.69, 9.17) is 21.6 Å². The van der Waals surface area contributed by atoms with Crippen LogP contribution in [0.25, 0.3) is 0 Å². The van der Waals surface area contributed by atoms with E-state index in [1.807, 2.05) is 29.0 Å². The van der Waals surface area contributed by atoms with Gasteiger partial charge in [-0.2, -0.15) is 5.26 Å². The van der Waals surface area contributed by atoms with Gasteiger partial charge in [0.25, 0.3) is 5.91 Å². The standard InChI is InChI=1S/C20H17ClN4O4S2/c1-29-16-6-4-3-5-14(16)12-25(15-9-7-13(11-22)8-10-15)20-23-17(18(21)30-20)19(26)24-31(2,27)28/h3-10H,12H2,1-2H3,(H,24,26). The van der Waals surface area contributed by atoms with Gasteiger partial charge in [-0.1, -0.05) is 41.1 Å². The van der Waals surface area contributed by atoms with Gasteiger partial charge in [-0.05, 0) is 30.3 Å². The van der Waals surface area contributed by atoms with Crippen molar-refractivity contribution in [1.82, 2.24) is 9.71 Å². The lowest BCUT2D eigenvalue weighted by Crippen LogP contribution is -2.29. The molecule has 0 spiro atoms. The minimum Gasteiger partial charge on any atom is -0.496 e. The van der Waals surface area contributed by atoms with Gasteiger partial charge in [0.1, 0.15) is 10.1 Å². The summed E-state index contributed by atoms with van der Waals surface area (Å²) in [7, 11) is -2.20. The van der Waals surface area contributed by atoms with Crippen LogP contribution in [-0.2, 0) is 16.6 Å². The third-order valence-electron chi connectivity index (χ3n) is 4.13. The highest BCUT2D eigenvalue weighted by molar-refractivity contribution is 7.89. The summed E-state index contributed by atoms with van der Waals surface area (Å²) in [6, 6.07) is 16.3. The van der Waals surface area contributed by atoms with Gasteiger partial charge in [-0.3, -0.25) is 4.79 Å². The fourth-order valence-corrected chi connectivity index (χ4v) is 4.33. The molecule has 0 saturated heterocycles. The van der Waals surface area contributed by atoms with Crippen LogP contribution in [-0.4, -0.2) is 32.7 Å². The Hall–Kier alpha value is -3.13. The van der Waals surface area contributed by atoms with Crippen molar-refractivity contribution in [3.05, 3.63) is 69.7 Å². The number of sulfonamides is 1. The van der Waals surface area contributed by atoms with Gasteiger partial charge >= 0.3 is 0 Å². The van der Waals surface area contributed by atoms with E-state index >= 15 is 0 Å². The van der Waals surface area contributed by atoms with Crippen LogP contribution in [0.2, 0.25) is 4.34 Å². The Morgan fingerprint density at radius 3 is 2.55 bits per heavy atom. The minimum atomic E-state index is -3.77. The zero-order valence-electron chi connectivity index (χ0n) is 16.5. The summed E-state index contributed by atoms with van der Waals surface area (Å²) in [4.78, 5) is 18.4. The average molecular weight is 477 g/mol. The molecule has 0 saturated carbocycles. The molecule has 0 unspecified atom stereocenters. The molecule has 0 fully saturated rings. The van der Waals surface area contributed by atoms with E-state index in [9.17, 15) is 13.2 Å². The number of anilines is 2. The molecule has 8 nitrogen and oxygen atoms in total. The summed E-state index contributed by atoms with van der Waals surface area (Å²) < 4.78 is 30.2. The molecule has 1 N–H and O–H groups in total. The molecule has 3 aromatic rings. The van der Waals surface area contributed by atoms with E-state index in [2.05, 4.69) is 11.1 Å². The number of carbonyl (C=O) groups excluding carboxylic acids is 1. The first-order chi connectivity index (χ1) is 14.7. The average Bonchev–Trinajstić information content (AvgIpc) is 3.12. The fourth-order valence-electron chi connectivity index (χ4n) is 2.75. The molecule has 0 aliphatic carbocycles. The Morgan fingerprint density at radius 1 is 1.26 bits per heavy atom. The lowest BCUT2D eigenvalue weighted by molar-refractivity contribution is 0.0977. The van der Waals surface area contributed by atoms with Crippen molar-refractivity contribution in [2.24, 2.45) is 0 Å². The lowest BCUT2D eigenvalue weighted by atomic mass is 10.1. The number of carbonyl (C=O) groups is 1. The van der Waals surface area contributed by atoms with Gasteiger partial charge < -0.3 is 9.64 Å². The van der Waals surface area contributed by atoms with E-state index in [1.165, 1.54) is 0 Å². The van der Waals surface area contributed by atoms with Crippen LogP contribution in [0.15, 0.2) is 48.5 Å². The highest BCUT2D eigenvalue weighted by atomic mass is 35.5. The minimum absolute atomic E-state index is 0.0508. The van der Waals surface area contributed by atoms with Gasteiger partial charge in [0.2, 0.25) is 10.0 Å². The number of para-hydroxylation sites is 1. The van der Waals surface area contributed by atoms with Gasteiger partial charge in [-0.25, -0.2) is 18.1 Å². The summed E-state index contributed by atoms with van der Waals surface area (Å²) >= 11 is 7.25. The van der Waals surface area contributed by atoms with E-state index in [0.29, 0.717) is 28.7 Å². The zero-order chi connectivity index (χ0) is 22.6. The van der Waals surface area contributed by atoms with Crippen LogP contribution < -0.4 is 14.4 Å². The molecule has 11 heteroatoms. The number of ether oxygens (including phenoxy) is 1. The van der Waals surface area contributed by atoms with Crippen LogP contribution in [0.5, 0.6) is 5.75 Å². The third-order valence-corrected chi connectivity index (χ3v) is 5.96. The van der Waals surface area contributed by atoms with Crippen molar-refractivity contribution in [3.63, 3.8) is 0 Å². The molecular weight excluding hydrogens is 460 g/mol. The quantitative estimate of drug-likeness (QED) is 0.553. The fraction of sp³-hybridized carbons (Fsp3) is 0.150. The maximum absolute atomic E-state index is 12.3. The predicted molar refractivity (Wildman–Crippen MR) is 119 cm³/mol. The number of hydrogen-bond acceptors (Lipinski definition) is 8. The van der Waals surface area contributed by atoms with Gasteiger partial charge in [0.15, 0.2) is 10.8 Å². The molecule has 0 bridgehead atoms. The van der Waals surface area contributed by atoms with E-state index < -0.39 is 15.9 Å². The van der Waals surface area contributed by atoms with E-state index in [-0.39, 0.29) is 10.0 Å². The van der Waals surface area contributed by atoms with Crippen molar-refractivity contribution in [2.75, 3.05) is 18.3 Å². The Kier molecular flexibility index (Phi) is 6.80. The Balaban J connectivity index is 2.05. The summed E-state index contributed by atoms with van der Waals surface area (Å²) in [5, 5.41) is 9.45. The molecule has 31 heavy (non-hydrogen) atoms. The molecule has 3 rings (SSSR count). The van der Waals surface area contributed by atoms with Crippen LogP contribution in [0.3, 0.4) is 0 Å². The second-order valence-corrected chi connectivity index (χ2v) is 9.71. The molecular formula is C20H17ClN4O4S2. The smallest absolute Gasteiger partial charge is 0.285 e. The zero-order valence-corrected chi connectivity index (χ0v) is 18.9. The maximum atomic E-state index is 12.3. The van der Waals surface area contributed by atoms with E-state index in [1.54, 1.807) is 36.3 Å². The number of hydrogen-bond donors (Lipinski definition) is 1. The maximum Gasteiger partial charge on any atom is 0.285 e. The number of thiazole rings is 1. The van der Waals surface area contributed by atoms with Crippen LogP contribution >= 0.6 is 22.9 Å². The lowest BCUT2D eigenvalue weighted by Gasteiger charge is -2.23. The normalized spacial score (nSPS) is 10.9. The molecule has 160 valence electrons. The SMILES string of the molecule is COc1ccccc1CN(c1ccc(C#N)cc1)c1nc(C(=O)NS(C)(=O)=O)c(Cl)s1. The molecule has 0 radical (unpaired) electrons. The number of aromatic nitrogens is 1. The van der Waals surface area contributed by atoms with Crippen molar-refractivity contribution < 1.29 is 17.9 Å². The van der Waals surface area contributed by atoms with Crippen LogP contribution in [0.1, 0.15) is 21.6 Å². The molecule has 0 aliphatic rings. The first-order valence-electron chi connectivity index (χ1n) is 8.80. The molecule has 2 aromatic carbocycles. The Bertz CT molecular complexity index is 1250. The summed E-state index contributed by atoms with van der Waals surface area (Å²) in [6.45, 7) is 0.326. The van der Waals surface area contributed by atoms with Crippen molar-refractivity contribution in [2.45, 2.75) is 6.54 Å². The number of nitriles is 1. The summed E-state index contributed by atoms with van der Waals surface area (Å²) in [6.07, 6.45) is 0.872. The number of nitrogens with zero attached hydrogens (tertiary/aromatic N) is 3. The Labute approximate surface area is 188 Å². The van der Waals surface area contributed by atoms with Crippen LogP contribution in [0, 0.1) is 11.3 Å². The molecule has 0 atom stereocenters. The van der Waals surface area contributed by atoms with Crippen molar-refractivity contribution in [3.8, 4) is 11.8 Å². The highest BCUT2D eigenvalue weighted by Gasteiger charge is 2.24. The number of amides is 1. The van der Waals surface area contributed by atoms with Crippen molar-refractivity contribution in [1.29, 1.82) is 5.26 Å². The second kappa shape index (κ2) is 9.34. The monoisotopic (exact) mass is 476 g/mol.